The summed E-state index contributed by atoms with van der Waals surface area (Å²) in [6.45, 7) is 0. The highest BCUT2D eigenvalue weighted by Crippen LogP contribution is 2.20. The van der Waals surface area contributed by atoms with E-state index in [0.29, 0.717) is 5.56 Å². The Morgan fingerprint density at radius 1 is 1.29 bits per heavy atom. The van der Waals surface area contributed by atoms with Gasteiger partial charge in [0.25, 0.3) is 0 Å². The number of carbonyl (C=O) groups excluding carboxylic acids is 1. The molecule has 146 valence electrons. The van der Waals surface area contributed by atoms with Crippen LogP contribution in [-0.4, -0.2) is 16.0 Å². The van der Waals surface area contributed by atoms with Gasteiger partial charge >= 0.3 is 0 Å². The Morgan fingerprint density at radius 3 is 2.71 bits per heavy atom. The molecule has 2 aromatic carbocycles. The van der Waals surface area contributed by atoms with Gasteiger partial charge in [-0.15, -0.1) is 11.3 Å². The molecule has 0 fully saturated rings. The molecule has 3 rings (SSSR count). The van der Waals surface area contributed by atoms with Crippen LogP contribution in [0.25, 0.3) is 0 Å². The van der Waals surface area contributed by atoms with Gasteiger partial charge in [-0.2, -0.15) is 0 Å². The molecular formula is C22H25N3O2S. The van der Waals surface area contributed by atoms with Crippen molar-refractivity contribution in [1.82, 2.24) is 4.98 Å². The van der Waals surface area contributed by atoms with Gasteiger partial charge in [0.2, 0.25) is 5.91 Å². The average molecular weight is 403 g/mol. The maximum absolute atomic E-state index is 12.4. The number of nitrogens with zero attached hydrogens (tertiary/aromatic N) is 1. The highest BCUT2D eigenvalue weighted by atomic mass is 32.1. The van der Waals surface area contributed by atoms with Crippen molar-refractivity contribution >= 4 is 28.1 Å². The van der Waals surface area contributed by atoms with Crippen molar-refractivity contribution in [2.24, 2.45) is 0 Å². The number of hydrogen-bond acceptors (Lipinski definition) is 5. The van der Waals surface area contributed by atoms with Crippen LogP contribution in [0.5, 0.6) is 0 Å². The van der Waals surface area contributed by atoms with E-state index < -0.39 is 49.0 Å². The topological polar surface area (TPSA) is 88.2 Å². The minimum absolute atomic E-state index is 0.0205. The van der Waals surface area contributed by atoms with Crippen LogP contribution in [-0.2, 0) is 17.6 Å². The summed E-state index contributed by atoms with van der Waals surface area (Å²) < 4.78 is 57.5. The molecule has 0 saturated heterocycles. The van der Waals surface area contributed by atoms with E-state index in [0.717, 1.165) is 11.3 Å². The summed E-state index contributed by atoms with van der Waals surface area (Å²) in [5.41, 5.74) is 5.89. The summed E-state index contributed by atoms with van der Waals surface area (Å²) in [4.78, 5) is 16.3. The van der Waals surface area contributed by atoms with Crippen molar-refractivity contribution in [2.75, 3.05) is 11.1 Å². The van der Waals surface area contributed by atoms with Gasteiger partial charge in [-0.25, -0.2) is 4.98 Å². The number of amides is 1. The van der Waals surface area contributed by atoms with Crippen molar-refractivity contribution in [3.8, 4) is 0 Å². The summed E-state index contributed by atoms with van der Waals surface area (Å²) >= 11 is 0.908. The molecule has 0 unspecified atom stereocenters. The lowest BCUT2D eigenvalue weighted by atomic mass is 10.0. The van der Waals surface area contributed by atoms with Gasteiger partial charge in [0.15, 0.2) is 5.13 Å². The fourth-order valence-corrected chi connectivity index (χ4v) is 2.98. The molecule has 0 bridgehead atoms. The second-order valence-corrected chi connectivity index (χ2v) is 6.90. The number of carbonyl (C=O) groups is 1. The molecule has 1 atom stereocenters. The van der Waals surface area contributed by atoms with Crippen LogP contribution in [0.4, 0.5) is 10.8 Å². The van der Waals surface area contributed by atoms with Crippen molar-refractivity contribution in [2.45, 2.75) is 38.2 Å². The number of nitrogens with two attached hydrogens (primary N) is 1. The molecule has 28 heavy (non-hydrogen) atoms. The molecule has 0 saturated carbocycles. The summed E-state index contributed by atoms with van der Waals surface area (Å²) in [6.07, 6.45) is -3.43. The van der Waals surface area contributed by atoms with E-state index in [1.165, 1.54) is 0 Å². The quantitative estimate of drug-likeness (QED) is 0.496. The number of aliphatic hydroxyl groups is 1. The first-order valence-electron chi connectivity index (χ1n) is 12.2. The van der Waals surface area contributed by atoms with Crippen LogP contribution in [0.15, 0.2) is 59.9 Å². The summed E-state index contributed by atoms with van der Waals surface area (Å²) in [6, 6.07) is 6.93. The van der Waals surface area contributed by atoms with E-state index >= 15 is 0 Å². The zero-order valence-corrected chi connectivity index (χ0v) is 15.9. The van der Waals surface area contributed by atoms with Gasteiger partial charge in [-0.1, -0.05) is 48.8 Å². The van der Waals surface area contributed by atoms with E-state index in [2.05, 4.69) is 10.3 Å². The third-order valence-corrected chi connectivity index (χ3v) is 4.51. The number of hydrogen-bond donors (Lipinski definition) is 3. The van der Waals surface area contributed by atoms with E-state index in [1.807, 2.05) is 6.07 Å². The van der Waals surface area contributed by atoms with Gasteiger partial charge in [-0.3, -0.25) is 4.79 Å². The Bertz CT molecular complexity index is 1190. The molecule has 0 radical (unpaired) electrons. The van der Waals surface area contributed by atoms with Crippen molar-refractivity contribution < 1.29 is 19.5 Å². The van der Waals surface area contributed by atoms with Crippen molar-refractivity contribution in [3.63, 3.8) is 0 Å². The van der Waals surface area contributed by atoms with E-state index in [-0.39, 0.29) is 46.7 Å². The van der Waals surface area contributed by atoms with E-state index in [1.54, 1.807) is 24.3 Å². The van der Waals surface area contributed by atoms with Gasteiger partial charge in [-0.05, 0) is 42.4 Å². The van der Waals surface area contributed by atoms with Crippen LogP contribution in [0, 0.1) is 0 Å². The fraction of sp³-hybridized carbons (Fsp3) is 0.273. The maximum atomic E-state index is 12.4. The zero-order valence-electron chi connectivity index (χ0n) is 22.1. The number of aliphatic hydroxyl groups excluding tert-OH is 1. The SMILES string of the molecule is [2H]c1sc(N)nc1CC(=O)Nc1c([2H])c([2H])c(CC([2H])([2H])CC[C@H](O)c2ccccc2)c([2H])c1[2H]. The second kappa shape index (κ2) is 10.0. The zero-order chi connectivity index (χ0) is 25.9. The first-order chi connectivity index (χ1) is 16.4. The Morgan fingerprint density at radius 2 is 2.04 bits per heavy atom. The van der Waals surface area contributed by atoms with Gasteiger partial charge < -0.3 is 16.2 Å². The molecule has 4 N–H and O–H groups in total. The average Bonchev–Trinajstić information content (AvgIpc) is 3.13. The highest BCUT2D eigenvalue weighted by Gasteiger charge is 2.08. The van der Waals surface area contributed by atoms with Gasteiger partial charge in [0, 0.05) is 13.8 Å². The number of thiazole rings is 1. The predicted octanol–water partition coefficient (Wildman–Crippen LogP) is 4.35. The second-order valence-electron chi connectivity index (χ2n) is 6.07. The van der Waals surface area contributed by atoms with Crippen molar-refractivity contribution in [3.05, 3.63) is 76.7 Å². The van der Waals surface area contributed by atoms with Crippen LogP contribution in [0.1, 0.15) is 51.7 Å². The number of benzene rings is 2. The largest absolute Gasteiger partial charge is 0.388 e. The first kappa shape index (κ1) is 12.7. The summed E-state index contributed by atoms with van der Waals surface area (Å²) in [5, 5.41) is 12.8. The summed E-state index contributed by atoms with van der Waals surface area (Å²) in [7, 11) is 0. The Labute approximate surface area is 179 Å². The maximum Gasteiger partial charge on any atom is 0.230 e. The summed E-state index contributed by atoms with van der Waals surface area (Å²) in [5.74, 6) is -0.678. The molecule has 3 aromatic rings. The molecule has 0 spiro atoms. The van der Waals surface area contributed by atoms with E-state index in [9.17, 15) is 9.90 Å². The fourth-order valence-electron chi connectivity index (χ4n) is 2.48. The standard InChI is InChI=1S/C22H25N3O2S/c23-22-25-19(15-28-22)14-21(27)24-18-12-10-16(11-13-18)6-4-5-9-20(26)17-7-2-1-3-8-17/h1-3,7-8,10-13,15,20,26H,4-6,9,14H2,(H2,23,25)(H,24,27)/t20-/m0/s1/i4D2,10D,11D,12D,13D,15D. The van der Waals surface area contributed by atoms with Gasteiger partial charge in [0.1, 0.15) is 0 Å². The Balaban J connectivity index is 1.75. The predicted molar refractivity (Wildman–Crippen MR) is 114 cm³/mol. The third-order valence-electron chi connectivity index (χ3n) is 3.87. The van der Waals surface area contributed by atoms with Gasteiger partial charge in [0.05, 0.1) is 25.1 Å². The molecule has 5 nitrogen and oxygen atoms in total. The Hall–Kier alpha value is -2.70. The number of nitrogens with one attached hydrogen (secondary N) is 1. The minimum Gasteiger partial charge on any atom is -0.388 e. The number of rotatable bonds is 9. The first-order valence-corrected chi connectivity index (χ1v) is 9.55. The molecule has 1 aromatic heterocycles. The number of nitrogen functional groups attached to an aromatic ring is 1. The highest BCUT2D eigenvalue weighted by molar-refractivity contribution is 7.13. The van der Waals surface area contributed by atoms with Crippen LogP contribution < -0.4 is 11.1 Å². The Kier molecular flexibility index (Phi) is 4.54. The van der Waals surface area contributed by atoms with Crippen LogP contribution >= 0.6 is 11.3 Å². The monoisotopic (exact) mass is 402 g/mol. The van der Waals surface area contributed by atoms with Crippen LogP contribution in [0.3, 0.4) is 0 Å². The van der Waals surface area contributed by atoms with Crippen LogP contribution in [0.2, 0.25) is 0 Å². The molecule has 6 heteroatoms. The lowest BCUT2D eigenvalue weighted by molar-refractivity contribution is -0.115. The smallest absolute Gasteiger partial charge is 0.230 e. The molecule has 0 aliphatic rings. The molecule has 1 amide bonds. The number of anilines is 2. The molecule has 0 aliphatic heterocycles. The lowest BCUT2D eigenvalue weighted by Crippen LogP contribution is -2.14. The molecule has 1 heterocycles. The molecular weight excluding hydrogens is 370 g/mol. The number of aromatic nitrogens is 1. The normalized spacial score (nSPS) is 16.0. The minimum atomic E-state index is -1.90. The third kappa shape index (κ3) is 6.18. The lowest BCUT2D eigenvalue weighted by Gasteiger charge is -2.10. The van der Waals surface area contributed by atoms with Crippen molar-refractivity contribution in [1.29, 1.82) is 0 Å². The van der Waals surface area contributed by atoms with E-state index in [4.69, 9.17) is 15.3 Å². The molecule has 0 aliphatic carbocycles.